The zero-order valence-corrected chi connectivity index (χ0v) is 18.1. The minimum absolute atomic E-state index is 0.117. The number of halogens is 1. The second-order valence-electron chi connectivity index (χ2n) is 7.02. The van der Waals surface area contributed by atoms with Gasteiger partial charge in [-0.2, -0.15) is 4.31 Å². The quantitative estimate of drug-likeness (QED) is 0.654. The molecule has 2 rings (SSSR count). The molecule has 5 nitrogen and oxygen atoms in total. The molecule has 7 heteroatoms. The molecule has 0 saturated heterocycles. The molecule has 0 heterocycles. The first-order chi connectivity index (χ1) is 13.2. The molecule has 0 aromatic heterocycles. The maximum atomic E-state index is 12.8. The number of rotatable bonds is 9. The summed E-state index contributed by atoms with van der Waals surface area (Å²) in [7, 11) is -3.62. The lowest BCUT2D eigenvalue weighted by atomic mass is 10.1. The molecule has 0 aliphatic heterocycles. The van der Waals surface area contributed by atoms with Gasteiger partial charge < -0.3 is 5.32 Å². The molecule has 1 amide bonds. The second-order valence-corrected chi connectivity index (χ2v) is 9.39. The van der Waals surface area contributed by atoms with Gasteiger partial charge in [0.1, 0.15) is 0 Å². The zero-order chi connectivity index (χ0) is 20.7. The topological polar surface area (TPSA) is 66.5 Å². The molecule has 2 aromatic carbocycles. The third-order valence-corrected chi connectivity index (χ3v) is 6.57. The molecule has 0 spiro atoms. The number of sulfonamides is 1. The fourth-order valence-corrected chi connectivity index (χ4v) is 4.23. The van der Waals surface area contributed by atoms with Crippen molar-refractivity contribution >= 4 is 27.5 Å². The molecule has 0 fully saturated rings. The minimum Gasteiger partial charge on any atom is -0.352 e. The van der Waals surface area contributed by atoms with Crippen molar-refractivity contribution in [1.29, 1.82) is 0 Å². The third-order valence-electron chi connectivity index (χ3n) is 4.39. The second kappa shape index (κ2) is 10.0. The highest BCUT2D eigenvalue weighted by molar-refractivity contribution is 7.89. The smallest absolute Gasteiger partial charge is 0.251 e. The number of nitrogens with zero attached hydrogens (tertiary/aromatic N) is 1. The van der Waals surface area contributed by atoms with E-state index in [-0.39, 0.29) is 17.3 Å². The standard InChI is InChI=1S/C21H27ClN2O3S/c1-4-24(28(26,27)20-11-9-19(22)10-12-20)15-17-5-7-18(8-6-17)21(25)23-14-13-16(2)3/h5-12,16H,4,13-15H2,1-3H3,(H,23,25). The van der Waals surface area contributed by atoms with Gasteiger partial charge in [0, 0.05) is 30.2 Å². The number of carbonyl (C=O) groups is 1. The SMILES string of the molecule is CCN(Cc1ccc(C(=O)NCCC(C)C)cc1)S(=O)(=O)c1ccc(Cl)cc1. The molecular formula is C21H27ClN2O3S. The summed E-state index contributed by atoms with van der Waals surface area (Å²) in [6, 6.07) is 13.2. The van der Waals surface area contributed by atoms with E-state index < -0.39 is 10.0 Å². The van der Waals surface area contributed by atoms with Crippen molar-refractivity contribution in [2.24, 2.45) is 5.92 Å². The van der Waals surface area contributed by atoms with Crippen molar-refractivity contribution in [3.8, 4) is 0 Å². The Morgan fingerprint density at radius 1 is 1.07 bits per heavy atom. The minimum atomic E-state index is -3.62. The Labute approximate surface area is 172 Å². The van der Waals surface area contributed by atoms with E-state index in [0.29, 0.717) is 29.6 Å². The number of carbonyl (C=O) groups excluding carboxylic acids is 1. The monoisotopic (exact) mass is 422 g/mol. The average Bonchev–Trinajstić information content (AvgIpc) is 2.66. The summed E-state index contributed by atoms with van der Waals surface area (Å²) in [5, 5.41) is 3.39. The van der Waals surface area contributed by atoms with E-state index >= 15 is 0 Å². The lowest BCUT2D eigenvalue weighted by Crippen LogP contribution is -2.30. The lowest BCUT2D eigenvalue weighted by molar-refractivity contribution is 0.0952. The highest BCUT2D eigenvalue weighted by Crippen LogP contribution is 2.20. The van der Waals surface area contributed by atoms with E-state index in [1.165, 1.54) is 16.4 Å². The van der Waals surface area contributed by atoms with Gasteiger partial charge in [-0.25, -0.2) is 8.42 Å². The summed E-state index contributed by atoms with van der Waals surface area (Å²) in [6.07, 6.45) is 0.928. The Morgan fingerprint density at radius 2 is 1.68 bits per heavy atom. The van der Waals surface area contributed by atoms with Crippen LogP contribution in [-0.2, 0) is 16.6 Å². The van der Waals surface area contributed by atoms with E-state index in [9.17, 15) is 13.2 Å². The van der Waals surface area contributed by atoms with Crippen molar-refractivity contribution in [2.45, 2.75) is 38.6 Å². The van der Waals surface area contributed by atoms with Gasteiger partial charge in [0.25, 0.3) is 5.91 Å². The van der Waals surface area contributed by atoms with Crippen molar-refractivity contribution in [2.75, 3.05) is 13.1 Å². The first-order valence-corrected chi connectivity index (χ1v) is 11.2. The van der Waals surface area contributed by atoms with Crippen molar-refractivity contribution < 1.29 is 13.2 Å². The molecule has 0 atom stereocenters. The van der Waals surface area contributed by atoms with Gasteiger partial charge in [-0.1, -0.05) is 44.5 Å². The molecule has 1 N–H and O–H groups in total. The van der Waals surface area contributed by atoms with E-state index in [4.69, 9.17) is 11.6 Å². The summed E-state index contributed by atoms with van der Waals surface area (Å²) < 4.78 is 27.1. The van der Waals surface area contributed by atoms with Crippen molar-refractivity contribution in [3.05, 3.63) is 64.7 Å². The lowest BCUT2D eigenvalue weighted by Gasteiger charge is -2.21. The Morgan fingerprint density at radius 3 is 2.21 bits per heavy atom. The average molecular weight is 423 g/mol. The van der Waals surface area contributed by atoms with E-state index in [1.54, 1.807) is 43.3 Å². The Hall–Kier alpha value is -1.89. The van der Waals surface area contributed by atoms with Crippen LogP contribution < -0.4 is 5.32 Å². The largest absolute Gasteiger partial charge is 0.352 e. The Balaban J connectivity index is 2.06. The van der Waals surface area contributed by atoms with Crippen LogP contribution in [0.15, 0.2) is 53.4 Å². The van der Waals surface area contributed by atoms with Crippen LogP contribution in [0.25, 0.3) is 0 Å². The maximum Gasteiger partial charge on any atom is 0.251 e. The fraction of sp³-hybridized carbons (Fsp3) is 0.381. The zero-order valence-electron chi connectivity index (χ0n) is 16.5. The van der Waals surface area contributed by atoms with Crippen molar-refractivity contribution in [3.63, 3.8) is 0 Å². The van der Waals surface area contributed by atoms with Crippen LogP contribution in [0.4, 0.5) is 0 Å². The van der Waals surface area contributed by atoms with Crippen LogP contribution >= 0.6 is 11.6 Å². The van der Waals surface area contributed by atoms with E-state index in [2.05, 4.69) is 19.2 Å². The van der Waals surface area contributed by atoms with Crippen LogP contribution in [-0.4, -0.2) is 31.7 Å². The van der Waals surface area contributed by atoms with Gasteiger partial charge in [0.05, 0.1) is 4.90 Å². The van der Waals surface area contributed by atoms with Gasteiger partial charge in [0.15, 0.2) is 0 Å². The molecule has 28 heavy (non-hydrogen) atoms. The van der Waals surface area contributed by atoms with Gasteiger partial charge in [0.2, 0.25) is 10.0 Å². The highest BCUT2D eigenvalue weighted by Gasteiger charge is 2.23. The fourth-order valence-electron chi connectivity index (χ4n) is 2.66. The van der Waals surface area contributed by atoms with Gasteiger partial charge in [-0.05, 0) is 54.3 Å². The predicted molar refractivity (Wildman–Crippen MR) is 113 cm³/mol. The number of hydrogen-bond acceptors (Lipinski definition) is 3. The highest BCUT2D eigenvalue weighted by atomic mass is 35.5. The molecule has 0 aliphatic carbocycles. The number of amides is 1. The van der Waals surface area contributed by atoms with Crippen LogP contribution in [0.3, 0.4) is 0 Å². The molecule has 0 saturated carbocycles. The summed E-state index contributed by atoms with van der Waals surface area (Å²) in [4.78, 5) is 12.4. The van der Waals surface area contributed by atoms with Crippen LogP contribution in [0.1, 0.15) is 43.1 Å². The number of hydrogen-bond donors (Lipinski definition) is 1. The first-order valence-electron chi connectivity index (χ1n) is 9.37. The summed E-state index contributed by atoms with van der Waals surface area (Å²) >= 11 is 5.85. The summed E-state index contributed by atoms with van der Waals surface area (Å²) in [5.74, 6) is 0.415. The Bertz CT molecular complexity index is 879. The Kier molecular flexibility index (Phi) is 8.04. The summed E-state index contributed by atoms with van der Waals surface area (Å²) in [5.41, 5.74) is 1.38. The van der Waals surface area contributed by atoms with Crippen molar-refractivity contribution in [1.82, 2.24) is 9.62 Å². The third kappa shape index (κ3) is 6.06. The molecule has 0 bridgehead atoms. The first kappa shape index (κ1) is 22.4. The van der Waals surface area contributed by atoms with Crippen LogP contribution in [0.5, 0.6) is 0 Å². The number of benzene rings is 2. The predicted octanol–water partition coefficient (Wildman–Crippen LogP) is 4.33. The van der Waals surface area contributed by atoms with E-state index in [1.807, 2.05) is 0 Å². The number of nitrogens with one attached hydrogen (secondary N) is 1. The van der Waals surface area contributed by atoms with Gasteiger partial charge in [-0.15, -0.1) is 0 Å². The molecule has 2 aromatic rings. The van der Waals surface area contributed by atoms with Crippen LogP contribution in [0.2, 0.25) is 5.02 Å². The molecule has 152 valence electrons. The molecular weight excluding hydrogens is 396 g/mol. The molecule has 0 aliphatic rings. The molecule has 0 radical (unpaired) electrons. The normalized spacial score (nSPS) is 11.8. The molecule has 0 unspecified atom stereocenters. The van der Waals surface area contributed by atoms with E-state index in [0.717, 1.165) is 12.0 Å². The summed E-state index contributed by atoms with van der Waals surface area (Å²) in [6.45, 7) is 7.22. The van der Waals surface area contributed by atoms with Crippen LogP contribution in [0, 0.1) is 5.92 Å². The van der Waals surface area contributed by atoms with Gasteiger partial charge >= 0.3 is 0 Å². The maximum absolute atomic E-state index is 12.8. The van der Waals surface area contributed by atoms with Gasteiger partial charge in [-0.3, -0.25) is 4.79 Å².